The Hall–Kier alpha value is -1.28. The molecule has 28 heavy (non-hydrogen) atoms. The number of likely N-dealkylation sites (tertiary alicyclic amines) is 1. The number of thioether (sulfide) groups is 1. The lowest BCUT2D eigenvalue weighted by atomic mass is 9.79. The SMILES string of the molecule is CC1CN=C(N2CCC(C3CCN(c4ccc(S(C)(=O)=O)cn4)CC3)CC2)S1. The summed E-state index contributed by atoms with van der Waals surface area (Å²) in [5.41, 5.74) is 0. The van der Waals surface area contributed by atoms with Gasteiger partial charge in [0.2, 0.25) is 0 Å². The predicted octanol–water partition coefficient (Wildman–Crippen LogP) is 2.90. The molecule has 0 amide bonds. The van der Waals surface area contributed by atoms with Crippen molar-refractivity contribution in [1.29, 1.82) is 0 Å². The third kappa shape index (κ3) is 4.48. The largest absolute Gasteiger partial charge is 0.357 e. The van der Waals surface area contributed by atoms with Gasteiger partial charge in [-0.2, -0.15) is 0 Å². The first-order valence-corrected chi connectivity index (χ1v) is 13.0. The Morgan fingerprint density at radius 3 is 2.07 bits per heavy atom. The molecule has 0 spiro atoms. The van der Waals surface area contributed by atoms with Crippen LogP contribution in [0.5, 0.6) is 0 Å². The molecule has 0 aromatic carbocycles. The molecule has 8 heteroatoms. The van der Waals surface area contributed by atoms with Gasteiger partial charge in [0.1, 0.15) is 5.82 Å². The van der Waals surface area contributed by atoms with E-state index in [1.807, 2.05) is 17.8 Å². The van der Waals surface area contributed by atoms with Crippen molar-refractivity contribution < 1.29 is 8.42 Å². The average molecular weight is 423 g/mol. The summed E-state index contributed by atoms with van der Waals surface area (Å²) in [5, 5.41) is 1.90. The van der Waals surface area contributed by atoms with Crippen LogP contribution in [0.4, 0.5) is 5.82 Å². The first kappa shape index (κ1) is 20.0. The molecule has 1 atom stereocenters. The second-order valence-corrected chi connectivity index (χ2v) is 11.7. The lowest BCUT2D eigenvalue weighted by Crippen LogP contribution is -2.42. The number of piperidine rings is 2. The van der Waals surface area contributed by atoms with Gasteiger partial charge in [-0.15, -0.1) is 0 Å². The zero-order chi connectivity index (χ0) is 19.7. The van der Waals surface area contributed by atoms with Crippen molar-refractivity contribution in [2.75, 3.05) is 43.9 Å². The number of sulfone groups is 1. The molecule has 0 bridgehead atoms. The third-order valence-electron chi connectivity index (χ3n) is 6.28. The molecule has 6 nitrogen and oxygen atoms in total. The summed E-state index contributed by atoms with van der Waals surface area (Å²) in [6.07, 6.45) is 7.66. The van der Waals surface area contributed by atoms with Crippen molar-refractivity contribution in [1.82, 2.24) is 9.88 Å². The lowest BCUT2D eigenvalue weighted by molar-refractivity contribution is 0.179. The summed E-state index contributed by atoms with van der Waals surface area (Å²) < 4.78 is 23.2. The van der Waals surface area contributed by atoms with Crippen LogP contribution in [0.2, 0.25) is 0 Å². The van der Waals surface area contributed by atoms with E-state index in [9.17, 15) is 8.42 Å². The topological polar surface area (TPSA) is 65.9 Å². The van der Waals surface area contributed by atoms with Crippen LogP contribution in [0.3, 0.4) is 0 Å². The number of aromatic nitrogens is 1. The van der Waals surface area contributed by atoms with Gasteiger partial charge in [-0.05, 0) is 49.7 Å². The maximum atomic E-state index is 11.6. The highest BCUT2D eigenvalue weighted by Gasteiger charge is 2.32. The number of amidine groups is 1. The molecule has 1 aromatic heterocycles. The zero-order valence-electron chi connectivity index (χ0n) is 16.7. The van der Waals surface area contributed by atoms with Crippen molar-refractivity contribution in [2.24, 2.45) is 16.8 Å². The van der Waals surface area contributed by atoms with Gasteiger partial charge < -0.3 is 9.80 Å². The molecule has 2 fully saturated rings. The fourth-order valence-corrected chi connectivity index (χ4v) is 6.13. The van der Waals surface area contributed by atoms with Gasteiger partial charge in [-0.3, -0.25) is 4.99 Å². The second kappa shape index (κ2) is 8.22. The van der Waals surface area contributed by atoms with Gasteiger partial charge in [0.05, 0.1) is 11.4 Å². The van der Waals surface area contributed by atoms with Crippen molar-refractivity contribution in [2.45, 2.75) is 42.8 Å². The monoisotopic (exact) mass is 422 g/mol. The molecule has 1 unspecified atom stereocenters. The number of aliphatic imine (C=N–C) groups is 1. The summed E-state index contributed by atoms with van der Waals surface area (Å²) in [6.45, 7) is 7.55. The van der Waals surface area contributed by atoms with Crippen molar-refractivity contribution >= 4 is 32.6 Å². The molecule has 1 aromatic rings. The minimum atomic E-state index is -3.18. The van der Waals surface area contributed by atoms with Gasteiger partial charge in [0.15, 0.2) is 15.0 Å². The van der Waals surface area contributed by atoms with E-state index in [1.54, 1.807) is 6.07 Å². The van der Waals surface area contributed by atoms with Crippen LogP contribution in [-0.2, 0) is 9.84 Å². The van der Waals surface area contributed by atoms with Gasteiger partial charge in [-0.25, -0.2) is 13.4 Å². The van der Waals surface area contributed by atoms with E-state index in [0.717, 1.165) is 50.4 Å². The van der Waals surface area contributed by atoms with Crippen LogP contribution in [0.1, 0.15) is 32.6 Å². The number of pyridine rings is 1. The highest BCUT2D eigenvalue weighted by molar-refractivity contribution is 8.14. The Labute approximate surface area is 172 Å². The van der Waals surface area contributed by atoms with Crippen LogP contribution < -0.4 is 4.90 Å². The molecular weight excluding hydrogens is 392 g/mol. The van der Waals surface area contributed by atoms with E-state index in [0.29, 0.717) is 5.25 Å². The summed E-state index contributed by atoms with van der Waals surface area (Å²) in [6, 6.07) is 3.51. The Balaban J connectivity index is 1.27. The molecule has 2 saturated heterocycles. The van der Waals surface area contributed by atoms with Gasteiger partial charge in [0.25, 0.3) is 0 Å². The maximum absolute atomic E-state index is 11.6. The van der Waals surface area contributed by atoms with E-state index in [2.05, 4.69) is 21.7 Å². The fourth-order valence-electron chi connectivity index (χ4n) is 4.58. The molecule has 4 rings (SSSR count). The molecule has 0 aliphatic carbocycles. The summed E-state index contributed by atoms with van der Waals surface area (Å²) in [4.78, 5) is 14.2. The number of hydrogen-bond acceptors (Lipinski definition) is 7. The van der Waals surface area contributed by atoms with Crippen molar-refractivity contribution in [3.05, 3.63) is 18.3 Å². The highest BCUT2D eigenvalue weighted by atomic mass is 32.2. The Bertz CT molecular complexity index is 809. The Morgan fingerprint density at radius 2 is 1.61 bits per heavy atom. The third-order valence-corrected chi connectivity index (χ3v) is 8.53. The van der Waals surface area contributed by atoms with Crippen LogP contribution in [0.25, 0.3) is 0 Å². The summed E-state index contributed by atoms with van der Waals surface area (Å²) >= 11 is 1.93. The van der Waals surface area contributed by atoms with Crippen molar-refractivity contribution in [3.63, 3.8) is 0 Å². The van der Waals surface area contributed by atoms with E-state index < -0.39 is 9.84 Å². The minimum Gasteiger partial charge on any atom is -0.357 e. The quantitative estimate of drug-likeness (QED) is 0.746. The Kier molecular flexibility index (Phi) is 5.88. The van der Waals surface area contributed by atoms with Crippen LogP contribution in [0, 0.1) is 11.8 Å². The first-order chi connectivity index (χ1) is 13.4. The lowest BCUT2D eigenvalue weighted by Gasteiger charge is -2.41. The normalized spacial score (nSPS) is 25.2. The molecule has 0 saturated carbocycles. The molecule has 3 aliphatic heterocycles. The average Bonchev–Trinajstić information content (AvgIpc) is 3.14. The van der Waals surface area contributed by atoms with E-state index in [1.165, 1.54) is 43.3 Å². The number of anilines is 1. The maximum Gasteiger partial charge on any atom is 0.177 e. The van der Waals surface area contributed by atoms with E-state index in [-0.39, 0.29) is 4.90 Å². The van der Waals surface area contributed by atoms with Gasteiger partial charge in [-0.1, -0.05) is 18.7 Å². The summed E-state index contributed by atoms with van der Waals surface area (Å²) in [7, 11) is -3.18. The van der Waals surface area contributed by atoms with E-state index >= 15 is 0 Å². The minimum absolute atomic E-state index is 0.289. The number of hydrogen-bond donors (Lipinski definition) is 0. The molecule has 0 radical (unpaired) electrons. The second-order valence-electron chi connectivity index (χ2n) is 8.32. The molecule has 154 valence electrons. The van der Waals surface area contributed by atoms with Gasteiger partial charge >= 0.3 is 0 Å². The molecular formula is C20H30N4O2S2. The zero-order valence-corrected chi connectivity index (χ0v) is 18.4. The van der Waals surface area contributed by atoms with E-state index in [4.69, 9.17) is 4.99 Å². The molecule has 0 N–H and O–H groups in total. The number of rotatable bonds is 3. The smallest absolute Gasteiger partial charge is 0.177 e. The van der Waals surface area contributed by atoms with Gasteiger partial charge in [0, 0.05) is 43.9 Å². The van der Waals surface area contributed by atoms with Crippen LogP contribution in [0.15, 0.2) is 28.2 Å². The first-order valence-electron chi connectivity index (χ1n) is 10.3. The Morgan fingerprint density at radius 1 is 1.00 bits per heavy atom. The molecule has 3 aliphatic rings. The predicted molar refractivity (Wildman–Crippen MR) is 116 cm³/mol. The number of nitrogens with zero attached hydrogens (tertiary/aromatic N) is 4. The summed E-state index contributed by atoms with van der Waals surface area (Å²) in [5.74, 6) is 2.51. The fraction of sp³-hybridized carbons (Fsp3) is 0.700. The standard InChI is InChI=1S/C20H30N4O2S2/c1-15-13-22-20(27-15)24-11-7-17(8-12-24)16-5-9-23(10-6-16)19-4-3-18(14-21-19)28(2,25)26/h3-4,14-17H,5-13H2,1-2H3. The van der Waals surface area contributed by atoms with Crippen molar-refractivity contribution in [3.8, 4) is 0 Å². The van der Waals surface area contributed by atoms with Crippen LogP contribution in [-0.4, -0.2) is 67.7 Å². The highest BCUT2D eigenvalue weighted by Crippen LogP contribution is 2.35. The van der Waals surface area contributed by atoms with Crippen LogP contribution >= 0.6 is 11.8 Å². The molecule has 4 heterocycles.